The number of hydrogen-bond acceptors (Lipinski definition) is 4. The fourth-order valence-electron chi connectivity index (χ4n) is 1.51. The third-order valence-electron chi connectivity index (χ3n) is 3.05. The summed E-state index contributed by atoms with van der Waals surface area (Å²) >= 11 is 0. The molecule has 1 aromatic rings. The predicted octanol–water partition coefficient (Wildman–Crippen LogP) is 2.61. The molecule has 1 aromatic carbocycles. The topological polar surface area (TPSA) is 64.6 Å². The van der Waals surface area contributed by atoms with E-state index in [4.69, 9.17) is 4.74 Å². The Morgan fingerprint density at radius 3 is 2.41 bits per heavy atom. The zero-order valence-corrected chi connectivity index (χ0v) is 12.6. The highest BCUT2D eigenvalue weighted by atomic mass is 19.3. The van der Waals surface area contributed by atoms with Gasteiger partial charge < -0.3 is 14.8 Å². The highest BCUT2D eigenvalue weighted by Crippen LogP contribution is 2.21. The van der Waals surface area contributed by atoms with Crippen molar-refractivity contribution >= 4 is 11.9 Å². The summed E-state index contributed by atoms with van der Waals surface area (Å²) in [7, 11) is 0. The van der Waals surface area contributed by atoms with Crippen LogP contribution in [0.5, 0.6) is 5.75 Å². The Morgan fingerprint density at radius 1 is 1.18 bits per heavy atom. The second-order valence-electron chi connectivity index (χ2n) is 5.05. The highest BCUT2D eigenvalue weighted by molar-refractivity contribution is 5.94. The van der Waals surface area contributed by atoms with Gasteiger partial charge in [-0.2, -0.15) is 8.78 Å². The second-order valence-corrected chi connectivity index (χ2v) is 5.05. The summed E-state index contributed by atoms with van der Waals surface area (Å²) < 4.78 is 33.6. The van der Waals surface area contributed by atoms with Gasteiger partial charge in [-0.3, -0.25) is 4.79 Å². The number of hydrogen-bond donors (Lipinski definition) is 1. The van der Waals surface area contributed by atoms with Gasteiger partial charge in [0.1, 0.15) is 11.3 Å². The summed E-state index contributed by atoms with van der Waals surface area (Å²) in [4.78, 5) is 23.5. The lowest BCUT2D eigenvalue weighted by Gasteiger charge is -2.17. The molecule has 1 amide bonds. The normalized spacial score (nSPS) is 12.1. The van der Waals surface area contributed by atoms with E-state index < -0.39 is 25.1 Å². The molecular formula is C15H19F2NO4. The van der Waals surface area contributed by atoms with Crippen molar-refractivity contribution in [2.45, 2.75) is 33.4 Å². The maximum Gasteiger partial charge on any atom is 0.387 e. The van der Waals surface area contributed by atoms with Crippen LogP contribution >= 0.6 is 0 Å². The average molecular weight is 315 g/mol. The first-order valence-electron chi connectivity index (χ1n) is 6.81. The summed E-state index contributed by atoms with van der Waals surface area (Å²) in [6.07, 6.45) is 0. The van der Waals surface area contributed by atoms with Gasteiger partial charge in [0.2, 0.25) is 0 Å². The Bertz CT molecular complexity index is 520. The van der Waals surface area contributed by atoms with Crippen LogP contribution in [0.25, 0.3) is 0 Å². The van der Waals surface area contributed by atoms with Crippen molar-refractivity contribution in [1.29, 1.82) is 0 Å². The van der Waals surface area contributed by atoms with Crippen molar-refractivity contribution < 1.29 is 27.8 Å². The number of nitrogens with one attached hydrogen (secondary N) is 1. The van der Waals surface area contributed by atoms with Gasteiger partial charge >= 0.3 is 12.6 Å². The van der Waals surface area contributed by atoms with Crippen LogP contribution in [0.2, 0.25) is 0 Å². The van der Waals surface area contributed by atoms with Gasteiger partial charge in [0.05, 0.1) is 0 Å². The fourth-order valence-corrected chi connectivity index (χ4v) is 1.51. The van der Waals surface area contributed by atoms with Crippen molar-refractivity contribution in [3.63, 3.8) is 0 Å². The fraction of sp³-hybridized carbons (Fsp3) is 0.467. The monoisotopic (exact) mass is 315 g/mol. The molecule has 0 aromatic heterocycles. The van der Waals surface area contributed by atoms with Crippen LogP contribution in [0, 0.1) is 5.92 Å². The summed E-state index contributed by atoms with van der Waals surface area (Å²) in [6.45, 7) is 2.17. The maximum absolute atomic E-state index is 12.3. The van der Waals surface area contributed by atoms with Gasteiger partial charge in [0.25, 0.3) is 5.91 Å². The van der Waals surface area contributed by atoms with Crippen molar-refractivity contribution in [2.24, 2.45) is 5.92 Å². The van der Waals surface area contributed by atoms with E-state index in [-0.39, 0.29) is 23.3 Å². The molecule has 0 aliphatic rings. The molecule has 0 fully saturated rings. The number of para-hydroxylation sites is 1. The van der Waals surface area contributed by atoms with Gasteiger partial charge in [0.15, 0.2) is 6.61 Å². The zero-order chi connectivity index (χ0) is 16.7. The van der Waals surface area contributed by atoms with Crippen LogP contribution < -0.4 is 10.1 Å². The Labute approximate surface area is 127 Å². The lowest BCUT2D eigenvalue weighted by atomic mass is 10.1. The lowest BCUT2D eigenvalue weighted by molar-refractivity contribution is -0.125. The summed E-state index contributed by atoms with van der Waals surface area (Å²) in [5, 5.41) is 2.67. The van der Waals surface area contributed by atoms with Crippen molar-refractivity contribution in [1.82, 2.24) is 5.32 Å². The van der Waals surface area contributed by atoms with Crippen LogP contribution in [0.3, 0.4) is 0 Å². The minimum atomic E-state index is -3.05. The number of halogens is 2. The molecule has 0 heterocycles. The molecule has 1 rings (SSSR count). The van der Waals surface area contributed by atoms with Crippen LogP contribution in [-0.2, 0) is 9.53 Å². The number of ether oxygens (including phenoxy) is 2. The van der Waals surface area contributed by atoms with E-state index in [9.17, 15) is 18.4 Å². The smallest absolute Gasteiger partial charge is 0.387 e. The molecular weight excluding hydrogens is 296 g/mol. The molecule has 122 valence electrons. The van der Waals surface area contributed by atoms with Crippen LogP contribution in [0.1, 0.15) is 31.1 Å². The van der Waals surface area contributed by atoms with Crippen molar-refractivity contribution in [2.75, 3.05) is 6.61 Å². The minimum Gasteiger partial charge on any atom is -0.452 e. The van der Waals surface area contributed by atoms with Gasteiger partial charge in [-0.25, -0.2) is 4.79 Å². The Balaban J connectivity index is 2.61. The number of esters is 1. The van der Waals surface area contributed by atoms with Crippen molar-refractivity contribution in [3.8, 4) is 5.75 Å². The molecule has 5 nitrogen and oxygen atoms in total. The molecule has 0 aliphatic heterocycles. The SMILES string of the molecule is CC(C)C(C)NC(=O)COC(=O)c1ccccc1OC(F)F. The largest absolute Gasteiger partial charge is 0.452 e. The molecule has 0 spiro atoms. The molecule has 1 N–H and O–H groups in total. The second kappa shape index (κ2) is 8.31. The molecule has 0 aliphatic carbocycles. The first kappa shape index (κ1) is 17.9. The molecule has 22 heavy (non-hydrogen) atoms. The Hall–Kier alpha value is -2.18. The summed E-state index contributed by atoms with van der Waals surface area (Å²) in [5.74, 6) is -1.41. The van der Waals surface area contributed by atoms with E-state index in [1.807, 2.05) is 20.8 Å². The molecule has 1 atom stereocenters. The summed E-state index contributed by atoms with van der Waals surface area (Å²) in [6, 6.07) is 5.38. The molecule has 0 saturated heterocycles. The highest BCUT2D eigenvalue weighted by Gasteiger charge is 2.18. The number of alkyl halides is 2. The molecule has 0 bridgehead atoms. The van der Waals surface area contributed by atoms with Gasteiger partial charge in [-0.15, -0.1) is 0 Å². The average Bonchev–Trinajstić information content (AvgIpc) is 2.44. The number of amides is 1. The maximum atomic E-state index is 12.3. The van der Waals surface area contributed by atoms with E-state index in [0.717, 1.165) is 0 Å². The number of carbonyl (C=O) groups excluding carboxylic acids is 2. The molecule has 0 radical (unpaired) electrons. The standard InChI is InChI=1S/C15H19F2NO4/c1-9(2)10(3)18-13(19)8-21-14(20)11-6-4-5-7-12(11)22-15(16)17/h4-7,9-10,15H,8H2,1-3H3,(H,18,19). The molecule has 1 unspecified atom stereocenters. The Morgan fingerprint density at radius 2 is 1.82 bits per heavy atom. The predicted molar refractivity (Wildman–Crippen MR) is 75.8 cm³/mol. The summed E-state index contributed by atoms with van der Waals surface area (Å²) in [5.41, 5.74) is -0.160. The van der Waals surface area contributed by atoms with Crippen LogP contribution in [-0.4, -0.2) is 31.1 Å². The van der Waals surface area contributed by atoms with E-state index >= 15 is 0 Å². The van der Waals surface area contributed by atoms with Gasteiger partial charge in [-0.1, -0.05) is 26.0 Å². The van der Waals surface area contributed by atoms with E-state index in [1.54, 1.807) is 0 Å². The van der Waals surface area contributed by atoms with Crippen LogP contribution in [0.4, 0.5) is 8.78 Å². The number of rotatable bonds is 7. The minimum absolute atomic E-state index is 0.0688. The van der Waals surface area contributed by atoms with E-state index in [0.29, 0.717) is 0 Å². The first-order chi connectivity index (χ1) is 10.3. The molecule has 7 heteroatoms. The van der Waals surface area contributed by atoms with E-state index in [2.05, 4.69) is 10.1 Å². The van der Waals surface area contributed by atoms with Crippen LogP contribution in [0.15, 0.2) is 24.3 Å². The number of benzene rings is 1. The van der Waals surface area contributed by atoms with Gasteiger partial charge in [-0.05, 0) is 25.0 Å². The third kappa shape index (κ3) is 5.67. The van der Waals surface area contributed by atoms with E-state index in [1.165, 1.54) is 24.3 Å². The lowest BCUT2D eigenvalue weighted by Crippen LogP contribution is -2.38. The van der Waals surface area contributed by atoms with Gasteiger partial charge in [0, 0.05) is 6.04 Å². The molecule has 0 saturated carbocycles. The van der Waals surface area contributed by atoms with Crippen molar-refractivity contribution in [3.05, 3.63) is 29.8 Å². The number of carbonyl (C=O) groups is 2. The third-order valence-corrected chi connectivity index (χ3v) is 3.05. The Kier molecular flexibility index (Phi) is 6.75. The zero-order valence-electron chi connectivity index (χ0n) is 12.6. The first-order valence-corrected chi connectivity index (χ1v) is 6.81. The quantitative estimate of drug-likeness (QED) is 0.786.